The second-order valence-corrected chi connectivity index (χ2v) is 7.70. The summed E-state index contributed by atoms with van der Waals surface area (Å²) < 4.78 is 3.87. The van der Waals surface area contributed by atoms with Crippen LogP contribution in [0.3, 0.4) is 0 Å². The van der Waals surface area contributed by atoms with Gasteiger partial charge in [-0.2, -0.15) is 5.10 Å². The Morgan fingerprint density at radius 2 is 2.11 bits per heavy atom. The van der Waals surface area contributed by atoms with Gasteiger partial charge in [-0.1, -0.05) is 19.3 Å². The predicted octanol–water partition coefficient (Wildman–Crippen LogP) is 1.76. The molecule has 2 aliphatic rings. The Balaban J connectivity index is 1.29. The van der Waals surface area contributed by atoms with Crippen LogP contribution in [0, 0.1) is 0 Å². The van der Waals surface area contributed by atoms with Gasteiger partial charge < -0.3 is 15.2 Å². The molecule has 0 radical (unpaired) electrons. The van der Waals surface area contributed by atoms with Crippen LogP contribution in [0.4, 0.5) is 0 Å². The number of carbonyl (C=O) groups excluding carboxylic acids is 1. The van der Waals surface area contributed by atoms with E-state index < -0.39 is 0 Å². The molecule has 1 aliphatic carbocycles. The van der Waals surface area contributed by atoms with Gasteiger partial charge in [0, 0.05) is 24.7 Å². The van der Waals surface area contributed by atoms with Gasteiger partial charge >= 0.3 is 0 Å². The summed E-state index contributed by atoms with van der Waals surface area (Å²) in [6.07, 6.45) is 12.2. The Morgan fingerprint density at radius 1 is 1.22 bits per heavy atom. The first kappa shape index (κ1) is 18.2. The summed E-state index contributed by atoms with van der Waals surface area (Å²) in [5.74, 6) is 1.24. The molecule has 8 nitrogen and oxygen atoms in total. The molecule has 27 heavy (non-hydrogen) atoms. The summed E-state index contributed by atoms with van der Waals surface area (Å²) >= 11 is 0. The zero-order chi connectivity index (χ0) is 18.5. The summed E-state index contributed by atoms with van der Waals surface area (Å²) in [6.45, 7) is 2.71. The molecule has 0 unspecified atom stereocenters. The minimum absolute atomic E-state index is 0.0513. The predicted molar refractivity (Wildman–Crippen MR) is 101 cm³/mol. The van der Waals surface area contributed by atoms with Crippen molar-refractivity contribution in [2.45, 2.75) is 70.0 Å². The first-order chi connectivity index (χ1) is 13.3. The fourth-order valence-electron chi connectivity index (χ4n) is 4.23. The third kappa shape index (κ3) is 4.55. The van der Waals surface area contributed by atoms with Crippen molar-refractivity contribution in [2.75, 3.05) is 13.1 Å². The Morgan fingerprint density at radius 3 is 2.93 bits per heavy atom. The number of hydrogen-bond acceptors (Lipinski definition) is 5. The smallest absolute Gasteiger partial charge is 0.242 e. The van der Waals surface area contributed by atoms with Gasteiger partial charge in [0.1, 0.15) is 12.9 Å². The average Bonchev–Trinajstić information content (AvgIpc) is 3.37. The Bertz CT molecular complexity index is 741. The van der Waals surface area contributed by atoms with E-state index in [0.29, 0.717) is 18.5 Å². The van der Waals surface area contributed by atoms with Crippen LogP contribution in [-0.2, 0) is 17.9 Å². The summed E-state index contributed by atoms with van der Waals surface area (Å²) in [7, 11) is 0. The number of hydrogen-bond donors (Lipinski definition) is 2. The molecule has 1 saturated carbocycles. The molecule has 0 spiro atoms. The molecule has 8 heteroatoms. The van der Waals surface area contributed by atoms with Gasteiger partial charge in [-0.15, -0.1) is 10.2 Å². The second kappa shape index (κ2) is 8.65. The average molecular weight is 371 g/mol. The van der Waals surface area contributed by atoms with Crippen molar-refractivity contribution in [2.24, 2.45) is 0 Å². The van der Waals surface area contributed by atoms with Gasteiger partial charge in [0.05, 0.1) is 12.2 Å². The van der Waals surface area contributed by atoms with Crippen LogP contribution in [0.5, 0.6) is 0 Å². The van der Waals surface area contributed by atoms with Gasteiger partial charge in [-0.25, -0.2) is 0 Å². The van der Waals surface area contributed by atoms with Crippen LogP contribution in [-0.4, -0.2) is 43.5 Å². The van der Waals surface area contributed by atoms with E-state index in [-0.39, 0.29) is 12.5 Å². The highest BCUT2D eigenvalue weighted by Crippen LogP contribution is 2.28. The lowest BCUT2D eigenvalue weighted by Gasteiger charge is -2.24. The van der Waals surface area contributed by atoms with E-state index in [9.17, 15) is 4.79 Å². The zero-order valence-corrected chi connectivity index (χ0v) is 15.8. The summed E-state index contributed by atoms with van der Waals surface area (Å²) in [5, 5.41) is 19.2. The number of carbonyl (C=O) groups is 1. The number of amides is 1. The van der Waals surface area contributed by atoms with Gasteiger partial charge in [-0.3, -0.25) is 9.48 Å². The molecule has 146 valence electrons. The Hall–Kier alpha value is -2.22. The molecular weight excluding hydrogens is 342 g/mol. The van der Waals surface area contributed by atoms with Crippen LogP contribution in [0.25, 0.3) is 0 Å². The molecule has 0 aromatic carbocycles. The van der Waals surface area contributed by atoms with Crippen LogP contribution in [0.2, 0.25) is 0 Å². The molecule has 2 fully saturated rings. The molecule has 1 atom stereocenters. The van der Waals surface area contributed by atoms with Crippen molar-refractivity contribution >= 4 is 5.91 Å². The summed E-state index contributed by atoms with van der Waals surface area (Å²) in [4.78, 5) is 12.3. The van der Waals surface area contributed by atoms with E-state index in [2.05, 4.69) is 30.5 Å². The quantitative estimate of drug-likeness (QED) is 0.808. The van der Waals surface area contributed by atoms with E-state index in [1.54, 1.807) is 11.0 Å². The molecule has 1 amide bonds. The zero-order valence-electron chi connectivity index (χ0n) is 15.8. The van der Waals surface area contributed by atoms with Crippen molar-refractivity contribution in [3.8, 4) is 0 Å². The number of aromatic nitrogens is 5. The van der Waals surface area contributed by atoms with Gasteiger partial charge in [0.2, 0.25) is 5.91 Å². The van der Waals surface area contributed by atoms with Crippen LogP contribution < -0.4 is 10.6 Å². The fraction of sp³-hybridized carbons (Fsp3) is 0.684. The molecular formula is C19H29N7O. The Labute approximate surface area is 159 Å². The highest BCUT2D eigenvalue weighted by Gasteiger charge is 2.20. The molecule has 2 aromatic rings. The van der Waals surface area contributed by atoms with Gasteiger partial charge in [0.25, 0.3) is 0 Å². The maximum Gasteiger partial charge on any atom is 0.242 e. The fourth-order valence-corrected chi connectivity index (χ4v) is 4.23. The normalized spacial score (nSPS) is 21.3. The van der Waals surface area contributed by atoms with E-state index in [1.807, 2.05) is 12.3 Å². The largest absolute Gasteiger partial charge is 0.347 e. The van der Waals surface area contributed by atoms with Crippen molar-refractivity contribution in [1.29, 1.82) is 0 Å². The van der Waals surface area contributed by atoms with Gasteiger partial charge in [-0.05, 0) is 38.3 Å². The van der Waals surface area contributed by atoms with Crippen LogP contribution >= 0.6 is 0 Å². The van der Waals surface area contributed by atoms with E-state index in [1.165, 1.54) is 38.5 Å². The number of rotatable bonds is 6. The monoisotopic (exact) mass is 371 g/mol. The molecule has 0 bridgehead atoms. The number of piperidine rings is 1. The number of nitrogens with zero attached hydrogens (tertiary/aromatic N) is 5. The van der Waals surface area contributed by atoms with Crippen molar-refractivity contribution < 1.29 is 4.79 Å². The van der Waals surface area contributed by atoms with Crippen molar-refractivity contribution in [3.63, 3.8) is 0 Å². The van der Waals surface area contributed by atoms with Crippen molar-refractivity contribution in [1.82, 2.24) is 35.2 Å². The topological polar surface area (TPSA) is 89.7 Å². The Kier molecular flexibility index (Phi) is 5.81. The number of nitrogens with one attached hydrogen (secondary N) is 2. The van der Waals surface area contributed by atoms with Crippen LogP contribution in [0.1, 0.15) is 68.4 Å². The lowest BCUT2D eigenvalue weighted by Crippen LogP contribution is -2.30. The molecule has 2 N–H and O–H groups in total. The van der Waals surface area contributed by atoms with Gasteiger partial charge in [0.15, 0.2) is 5.82 Å². The third-order valence-corrected chi connectivity index (χ3v) is 5.74. The van der Waals surface area contributed by atoms with E-state index in [4.69, 9.17) is 0 Å². The molecule has 1 saturated heterocycles. The molecule has 4 rings (SSSR count). The summed E-state index contributed by atoms with van der Waals surface area (Å²) in [5.41, 5.74) is 1.08. The molecule has 3 heterocycles. The minimum Gasteiger partial charge on any atom is -0.347 e. The summed E-state index contributed by atoms with van der Waals surface area (Å²) in [6, 6.07) is 2.50. The third-order valence-electron chi connectivity index (χ3n) is 5.74. The standard InChI is InChI=1S/C19H29N7O/c27-19(13-25-10-8-17(24-25)15-5-4-9-20-11-15)21-12-18-23-22-14-26(18)16-6-2-1-3-7-16/h8,10,14-16,20H,1-7,9,11-13H2,(H,21,27)/t15-/m1/s1. The van der Waals surface area contributed by atoms with Crippen molar-refractivity contribution in [3.05, 3.63) is 30.1 Å². The SMILES string of the molecule is O=C(Cn1ccc([C@@H]2CCCNC2)n1)NCc1nncn1C1CCCCC1. The lowest BCUT2D eigenvalue weighted by atomic mass is 9.95. The molecule has 1 aliphatic heterocycles. The lowest BCUT2D eigenvalue weighted by molar-refractivity contribution is -0.122. The minimum atomic E-state index is -0.0513. The van der Waals surface area contributed by atoms with E-state index in [0.717, 1.165) is 31.0 Å². The highest BCUT2D eigenvalue weighted by molar-refractivity contribution is 5.75. The van der Waals surface area contributed by atoms with E-state index >= 15 is 0 Å². The second-order valence-electron chi connectivity index (χ2n) is 7.70. The molecule has 2 aromatic heterocycles. The highest BCUT2D eigenvalue weighted by atomic mass is 16.2. The maximum atomic E-state index is 12.3. The van der Waals surface area contributed by atoms with Crippen LogP contribution in [0.15, 0.2) is 18.6 Å². The first-order valence-corrected chi connectivity index (χ1v) is 10.2. The maximum absolute atomic E-state index is 12.3. The first-order valence-electron chi connectivity index (χ1n) is 10.2.